The van der Waals surface area contributed by atoms with E-state index in [1.54, 1.807) is 0 Å². The average molecular weight is 334 g/mol. The summed E-state index contributed by atoms with van der Waals surface area (Å²) in [7, 11) is 0. The van der Waals surface area contributed by atoms with E-state index in [4.69, 9.17) is 5.73 Å². The first-order valence-corrected chi connectivity index (χ1v) is 7.69. The van der Waals surface area contributed by atoms with Crippen LogP contribution in [0.4, 0.5) is 4.39 Å². The minimum absolute atomic E-state index is 0.226. The molecule has 0 saturated carbocycles. The van der Waals surface area contributed by atoms with E-state index in [1.807, 2.05) is 12.1 Å². The first-order chi connectivity index (χ1) is 9.58. The van der Waals surface area contributed by atoms with Crippen LogP contribution in [0.25, 0.3) is 0 Å². The Bertz CT molecular complexity index is 641. The number of rotatable bonds is 2. The third-order valence-corrected chi connectivity index (χ3v) is 4.88. The summed E-state index contributed by atoms with van der Waals surface area (Å²) in [5.74, 6) is -0.226. The summed E-state index contributed by atoms with van der Waals surface area (Å²) >= 11 is 3.44. The lowest BCUT2D eigenvalue weighted by Gasteiger charge is -2.36. The van der Waals surface area contributed by atoms with Crippen molar-refractivity contribution in [3.63, 3.8) is 0 Å². The lowest BCUT2D eigenvalue weighted by molar-refractivity contribution is 0.369. The van der Waals surface area contributed by atoms with Crippen LogP contribution >= 0.6 is 15.9 Å². The highest BCUT2D eigenvalue weighted by Crippen LogP contribution is 2.37. The third kappa shape index (κ3) is 2.52. The van der Waals surface area contributed by atoms with E-state index in [-0.39, 0.29) is 11.4 Å². The average Bonchev–Trinajstić information content (AvgIpc) is 2.43. The Morgan fingerprint density at radius 1 is 1.20 bits per heavy atom. The van der Waals surface area contributed by atoms with Gasteiger partial charge < -0.3 is 5.73 Å². The van der Waals surface area contributed by atoms with Crippen molar-refractivity contribution in [1.29, 1.82) is 0 Å². The van der Waals surface area contributed by atoms with Gasteiger partial charge >= 0.3 is 0 Å². The van der Waals surface area contributed by atoms with Gasteiger partial charge in [0.1, 0.15) is 5.82 Å². The minimum atomic E-state index is -0.352. The van der Waals surface area contributed by atoms with Crippen LogP contribution in [-0.2, 0) is 18.4 Å². The molecule has 0 fully saturated rings. The van der Waals surface area contributed by atoms with Crippen LogP contribution in [0.5, 0.6) is 0 Å². The number of benzene rings is 2. The topological polar surface area (TPSA) is 26.0 Å². The molecule has 3 rings (SSSR count). The van der Waals surface area contributed by atoms with Crippen LogP contribution < -0.4 is 5.73 Å². The molecule has 0 bridgehead atoms. The van der Waals surface area contributed by atoms with E-state index < -0.39 is 0 Å². The van der Waals surface area contributed by atoms with Crippen molar-refractivity contribution in [1.82, 2.24) is 0 Å². The maximum atomic E-state index is 13.2. The summed E-state index contributed by atoms with van der Waals surface area (Å²) < 4.78 is 14.0. The summed E-state index contributed by atoms with van der Waals surface area (Å²) in [6.45, 7) is 0. The van der Waals surface area contributed by atoms with Crippen LogP contribution in [0.15, 0.2) is 46.9 Å². The lowest BCUT2D eigenvalue weighted by atomic mass is 9.74. The molecule has 2 N–H and O–H groups in total. The van der Waals surface area contributed by atoms with Gasteiger partial charge in [-0.2, -0.15) is 0 Å². The Labute approximate surface area is 127 Å². The van der Waals surface area contributed by atoms with Gasteiger partial charge in [0.05, 0.1) is 0 Å². The highest BCUT2D eigenvalue weighted by molar-refractivity contribution is 9.10. The molecule has 0 spiro atoms. The van der Waals surface area contributed by atoms with Gasteiger partial charge in [-0.15, -0.1) is 0 Å². The fourth-order valence-electron chi connectivity index (χ4n) is 3.14. The van der Waals surface area contributed by atoms with E-state index in [9.17, 15) is 4.39 Å². The molecule has 0 aliphatic heterocycles. The number of nitrogens with two attached hydrogens (primary N) is 1. The van der Waals surface area contributed by atoms with Gasteiger partial charge in [0.25, 0.3) is 0 Å². The van der Waals surface area contributed by atoms with Crippen LogP contribution in [0.1, 0.15) is 29.5 Å². The van der Waals surface area contributed by atoms with Gasteiger partial charge in [0, 0.05) is 10.0 Å². The molecule has 3 heteroatoms. The molecule has 0 heterocycles. The SMILES string of the molecule is NC1(Cc2ccc(F)cc2Br)CCCc2ccccc21. The maximum absolute atomic E-state index is 13.2. The van der Waals surface area contributed by atoms with Gasteiger partial charge in [-0.05, 0) is 54.5 Å². The van der Waals surface area contributed by atoms with Gasteiger partial charge in [-0.3, -0.25) is 0 Å². The third-order valence-electron chi connectivity index (χ3n) is 4.14. The Balaban J connectivity index is 1.98. The predicted molar refractivity (Wildman–Crippen MR) is 83.0 cm³/mol. The Hall–Kier alpha value is -1.19. The van der Waals surface area contributed by atoms with Crippen LogP contribution in [0.2, 0.25) is 0 Å². The van der Waals surface area contributed by atoms with E-state index in [0.717, 1.165) is 35.7 Å². The highest BCUT2D eigenvalue weighted by atomic mass is 79.9. The molecular weight excluding hydrogens is 317 g/mol. The summed E-state index contributed by atoms with van der Waals surface area (Å²) in [4.78, 5) is 0. The van der Waals surface area contributed by atoms with Crippen molar-refractivity contribution in [2.75, 3.05) is 0 Å². The summed E-state index contributed by atoms with van der Waals surface area (Å²) in [6, 6.07) is 13.2. The van der Waals surface area contributed by atoms with Crippen molar-refractivity contribution >= 4 is 15.9 Å². The van der Waals surface area contributed by atoms with Crippen molar-refractivity contribution in [3.8, 4) is 0 Å². The second-order valence-electron chi connectivity index (χ2n) is 5.58. The summed E-state index contributed by atoms with van der Waals surface area (Å²) in [5, 5.41) is 0. The van der Waals surface area contributed by atoms with Gasteiger partial charge in [0.15, 0.2) is 0 Å². The minimum Gasteiger partial charge on any atom is -0.321 e. The fraction of sp³-hybridized carbons (Fsp3) is 0.294. The zero-order valence-corrected chi connectivity index (χ0v) is 12.8. The second-order valence-corrected chi connectivity index (χ2v) is 6.43. The molecule has 1 aliphatic carbocycles. The lowest BCUT2D eigenvalue weighted by Crippen LogP contribution is -2.42. The smallest absolute Gasteiger partial charge is 0.124 e. The summed E-state index contributed by atoms with van der Waals surface area (Å²) in [6.07, 6.45) is 3.89. The first-order valence-electron chi connectivity index (χ1n) is 6.90. The number of fused-ring (bicyclic) bond motifs is 1. The molecule has 20 heavy (non-hydrogen) atoms. The van der Waals surface area contributed by atoms with Crippen molar-refractivity contribution in [2.24, 2.45) is 5.73 Å². The molecule has 2 aromatic rings. The standard InChI is InChI=1S/C17H17BrFN/c18-16-10-14(19)8-7-13(16)11-17(20)9-3-5-12-4-1-2-6-15(12)17/h1-2,4,6-8,10H,3,5,9,11,20H2. The summed E-state index contributed by atoms with van der Waals surface area (Å²) in [5.41, 5.74) is 9.99. The van der Waals surface area contributed by atoms with Gasteiger partial charge in [0.2, 0.25) is 0 Å². The fourth-order valence-corrected chi connectivity index (χ4v) is 3.63. The van der Waals surface area contributed by atoms with Gasteiger partial charge in [-0.1, -0.05) is 46.3 Å². The molecule has 0 radical (unpaired) electrons. The van der Waals surface area contributed by atoms with Gasteiger partial charge in [-0.25, -0.2) is 4.39 Å². The molecule has 104 valence electrons. The molecule has 2 aromatic carbocycles. The van der Waals surface area contributed by atoms with Crippen molar-refractivity contribution in [2.45, 2.75) is 31.2 Å². The first kappa shape index (κ1) is 13.8. The molecular formula is C17H17BrFN. The number of hydrogen-bond acceptors (Lipinski definition) is 1. The Morgan fingerprint density at radius 2 is 2.00 bits per heavy atom. The predicted octanol–water partition coefficient (Wildman–Crippen LogP) is 4.32. The maximum Gasteiger partial charge on any atom is 0.124 e. The van der Waals surface area contributed by atoms with Crippen LogP contribution in [0, 0.1) is 5.82 Å². The normalized spacial score (nSPS) is 21.6. The number of aryl methyl sites for hydroxylation is 1. The van der Waals surface area contributed by atoms with E-state index in [2.05, 4.69) is 34.1 Å². The Kier molecular flexibility index (Phi) is 3.65. The molecule has 1 unspecified atom stereocenters. The van der Waals surface area contributed by atoms with Crippen LogP contribution in [-0.4, -0.2) is 0 Å². The molecule has 0 saturated heterocycles. The van der Waals surface area contributed by atoms with E-state index >= 15 is 0 Å². The molecule has 0 amide bonds. The largest absolute Gasteiger partial charge is 0.321 e. The quantitative estimate of drug-likeness (QED) is 0.870. The molecule has 0 aromatic heterocycles. The number of halogens is 2. The van der Waals surface area contributed by atoms with Crippen molar-refractivity contribution < 1.29 is 4.39 Å². The van der Waals surface area contributed by atoms with Crippen LogP contribution in [0.3, 0.4) is 0 Å². The molecule has 1 aliphatic rings. The zero-order valence-electron chi connectivity index (χ0n) is 11.2. The monoisotopic (exact) mass is 333 g/mol. The van der Waals surface area contributed by atoms with Crippen molar-refractivity contribution in [3.05, 3.63) is 69.4 Å². The van der Waals surface area contributed by atoms with E-state index in [1.165, 1.54) is 23.3 Å². The zero-order chi connectivity index (χ0) is 14.2. The van der Waals surface area contributed by atoms with E-state index in [0.29, 0.717) is 0 Å². The highest BCUT2D eigenvalue weighted by Gasteiger charge is 2.32. The Morgan fingerprint density at radius 3 is 2.80 bits per heavy atom. The molecule has 1 nitrogen and oxygen atoms in total. The second kappa shape index (κ2) is 5.30. The number of hydrogen-bond donors (Lipinski definition) is 1. The molecule has 1 atom stereocenters.